The van der Waals surface area contributed by atoms with Gasteiger partial charge >= 0.3 is 0 Å². The van der Waals surface area contributed by atoms with E-state index in [1.54, 1.807) is 24.3 Å². The van der Waals surface area contributed by atoms with Crippen LogP contribution in [0.3, 0.4) is 0 Å². The van der Waals surface area contributed by atoms with Crippen molar-refractivity contribution >= 4 is 28.7 Å². The smallest absolute Gasteiger partial charge is 0.263 e. The number of hydrogen-bond acceptors (Lipinski definition) is 7. The molecule has 40 heavy (non-hydrogen) atoms. The van der Waals surface area contributed by atoms with Gasteiger partial charge in [-0.1, -0.05) is 35.4 Å². The molecular formula is C29H34N8O3. The summed E-state index contributed by atoms with van der Waals surface area (Å²) in [4.78, 5) is 30.4. The van der Waals surface area contributed by atoms with Gasteiger partial charge in [0.2, 0.25) is 11.8 Å². The highest BCUT2D eigenvalue weighted by Gasteiger charge is 2.41. The van der Waals surface area contributed by atoms with Crippen molar-refractivity contribution in [3.8, 4) is 5.75 Å². The molecule has 0 spiro atoms. The maximum atomic E-state index is 13.8. The molecule has 0 aliphatic heterocycles. The number of carbonyl (C=O) groups is 2. The molecule has 3 saturated carbocycles. The Balaban J connectivity index is 1.20. The Morgan fingerprint density at radius 2 is 1.75 bits per heavy atom. The number of benzene rings is 2. The van der Waals surface area contributed by atoms with Crippen molar-refractivity contribution in [3.05, 3.63) is 65.9 Å². The summed E-state index contributed by atoms with van der Waals surface area (Å²) in [7, 11) is 0. The number of phenols is 1. The van der Waals surface area contributed by atoms with Crippen molar-refractivity contribution in [2.45, 2.75) is 50.6 Å². The lowest BCUT2D eigenvalue weighted by molar-refractivity contribution is -0.134. The molecule has 3 aliphatic carbocycles. The van der Waals surface area contributed by atoms with Gasteiger partial charge in [0.1, 0.15) is 11.8 Å². The standard InChI is InChI=1S/C29H34N8O3/c38-23-7-5-17(6-8-23)13-26(33-27(39)20-11-18-9-19(10-18)12-20)28(40)32-22(16-31-29-34-36-37-35-29)14-21-15-30-25-4-2-1-3-24(21)25/h1-8,15,18-20,22,26,30,38H,9-14,16H2,(H,32,40)(H,33,39)(H2,31,34,35,36,37)/t18?,19?,20?,22-,26-/m0/s1. The van der Waals surface area contributed by atoms with Crippen LogP contribution >= 0.6 is 0 Å². The molecule has 2 bridgehead atoms. The van der Waals surface area contributed by atoms with E-state index in [2.05, 4.69) is 47.6 Å². The number of nitrogens with zero attached hydrogens (tertiary/aromatic N) is 3. The number of H-pyrrole nitrogens is 2. The monoisotopic (exact) mass is 542 g/mol. The highest BCUT2D eigenvalue weighted by atomic mass is 16.3. The molecule has 3 aliphatic rings. The first kappa shape index (κ1) is 25.8. The minimum Gasteiger partial charge on any atom is -0.508 e. The van der Waals surface area contributed by atoms with Crippen LogP contribution in [-0.2, 0) is 22.4 Å². The number of para-hydroxylation sites is 1. The Hall–Kier alpha value is -4.41. The fraction of sp³-hybridized carbons (Fsp3) is 0.414. The average molecular weight is 543 g/mol. The van der Waals surface area contributed by atoms with Gasteiger partial charge in [-0.15, -0.1) is 5.10 Å². The van der Waals surface area contributed by atoms with Crippen molar-refractivity contribution < 1.29 is 14.7 Å². The highest BCUT2D eigenvalue weighted by Crippen LogP contribution is 2.48. The first-order valence-corrected chi connectivity index (χ1v) is 13.9. The minimum absolute atomic E-state index is 0.0467. The SMILES string of the molecule is O=C(N[C@@H](Cc1ccc(O)cc1)C(=O)N[C@H](CNc1nn[nH]n1)Cc1c[nH]c2ccccc12)C1CC2CC(C2)C1. The Morgan fingerprint density at radius 1 is 0.975 bits per heavy atom. The Kier molecular flexibility index (Phi) is 7.35. The first-order valence-electron chi connectivity index (χ1n) is 13.9. The molecule has 2 heterocycles. The van der Waals surface area contributed by atoms with E-state index in [1.807, 2.05) is 24.4 Å². The van der Waals surface area contributed by atoms with Crippen molar-refractivity contribution in [3.63, 3.8) is 0 Å². The molecular weight excluding hydrogens is 508 g/mol. The number of anilines is 1. The van der Waals surface area contributed by atoms with Crippen molar-refractivity contribution in [2.75, 3.05) is 11.9 Å². The van der Waals surface area contributed by atoms with Crippen LogP contribution in [-0.4, -0.2) is 61.2 Å². The van der Waals surface area contributed by atoms with E-state index in [0.717, 1.165) is 34.9 Å². The van der Waals surface area contributed by atoms with Crippen LogP contribution in [0.2, 0.25) is 0 Å². The fourth-order valence-electron chi connectivity index (χ4n) is 6.23. The lowest BCUT2D eigenvalue weighted by Gasteiger charge is -2.44. The van der Waals surface area contributed by atoms with Gasteiger partial charge in [0.05, 0.1) is 6.04 Å². The lowest BCUT2D eigenvalue weighted by Crippen LogP contribution is -2.54. The number of amides is 2. The number of aromatic amines is 2. The fourth-order valence-corrected chi connectivity index (χ4v) is 6.23. The van der Waals surface area contributed by atoms with E-state index in [9.17, 15) is 14.7 Å². The van der Waals surface area contributed by atoms with Crippen LogP contribution in [0.4, 0.5) is 5.95 Å². The van der Waals surface area contributed by atoms with Crippen molar-refractivity contribution in [2.24, 2.45) is 17.8 Å². The van der Waals surface area contributed by atoms with Gasteiger partial charge in [0.15, 0.2) is 0 Å². The van der Waals surface area contributed by atoms with Gasteiger partial charge in [-0.2, -0.15) is 5.21 Å². The van der Waals surface area contributed by atoms with Crippen LogP contribution in [0.15, 0.2) is 54.7 Å². The van der Waals surface area contributed by atoms with Gasteiger partial charge in [0, 0.05) is 36.0 Å². The minimum atomic E-state index is -0.758. The van der Waals surface area contributed by atoms with Crippen LogP contribution in [0.1, 0.15) is 36.8 Å². The number of carbonyl (C=O) groups excluding carboxylic acids is 2. The summed E-state index contributed by atoms with van der Waals surface area (Å²) in [6, 6.07) is 13.7. The average Bonchev–Trinajstić information content (AvgIpc) is 3.62. The summed E-state index contributed by atoms with van der Waals surface area (Å²) in [5, 5.41) is 34.1. The van der Waals surface area contributed by atoms with Crippen LogP contribution in [0, 0.1) is 17.8 Å². The number of fused-ring (bicyclic) bond motifs is 3. The van der Waals surface area contributed by atoms with Crippen LogP contribution in [0.25, 0.3) is 10.9 Å². The Morgan fingerprint density at radius 3 is 2.50 bits per heavy atom. The quantitative estimate of drug-likeness (QED) is 0.170. The topological polar surface area (TPSA) is 161 Å². The summed E-state index contributed by atoms with van der Waals surface area (Å²) in [6.45, 7) is 0.358. The third kappa shape index (κ3) is 5.93. The van der Waals surface area contributed by atoms with Gasteiger partial charge in [0.25, 0.3) is 5.95 Å². The second-order valence-electron chi connectivity index (χ2n) is 11.2. The van der Waals surface area contributed by atoms with Crippen molar-refractivity contribution in [1.29, 1.82) is 0 Å². The van der Waals surface area contributed by atoms with Gasteiger partial charge in [-0.3, -0.25) is 9.59 Å². The van der Waals surface area contributed by atoms with Crippen LogP contribution in [0.5, 0.6) is 5.75 Å². The number of hydrogen-bond donors (Lipinski definition) is 6. The molecule has 2 aromatic carbocycles. The maximum Gasteiger partial charge on any atom is 0.263 e. The van der Waals surface area contributed by atoms with Gasteiger partial charge in [-0.25, -0.2) is 0 Å². The molecule has 4 aromatic rings. The molecule has 11 nitrogen and oxygen atoms in total. The van der Waals surface area contributed by atoms with Crippen molar-refractivity contribution in [1.82, 2.24) is 36.2 Å². The highest BCUT2D eigenvalue weighted by molar-refractivity contribution is 5.89. The Labute approximate surface area is 231 Å². The predicted molar refractivity (Wildman–Crippen MR) is 149 cm³/mol. The summed E-state index contributed by atoms with van der Waals surface area (Å²) in [5.74, 6) is 1.40. The second-order valence-corrected chi connectivity index (χ2v) is 11.2. The molecule has 2 aromatic heterocycles. The third-order valence-electron chi connectivity index (χ3n) is 8.29. The van der Waals surface area contributed by atoms with E-state index in [4.69, 9.17) is 0 Å². The van der Waals surface area contributed by atoms with E-state index < -0.39 is 6.04 Å². The van der Waals surface area contributed by atoms with E-state index >= 15 is 0 Å². The lowest BCUT2D eigenvalue weighted by atomic mass is 9.61. The molecule has 0 radical (unpaired) electrons. The molecule has 0 unspecified atom stereocenters. The summed E-state index contributed by atoms with van der Waals surface area (Å²) >= 11 is 0. The summed E-state index contributed by atoms with van der Waals surface area (Å²) in [6.07, 6.45) is 7.07. The number of phenolic OH excluding ortho intramolecular Hbond substituents is 1. The molecule has 3 fully saturated rings. The van der Waals surface area contributed by atoms with E-state index in [1.165, 1.54) is 12.8 Å². The first-order chi connectivity index (χ1) is 19.5. The molecule has 208 valence electrons. The zero-order chi connectivity index (χ0) is 27.5. The van der Waals surface area contributed by atoms with Gasteiger partial charge in [-0.05, 0) is 78.5 Å². The van der Waals surface area contributed by atoms with E-state index in [-0.39, 0.29) is 29.5 Å². The largest absolute Gasteiger partial charge is 0.508 e. The molecule has 0 saturated heterocycles. The Bertz CT molecular complexity index is 1440. The second kappa shape index (κ2) is 11.4. The maximum absolute atomic E-state index is 13.8. The predicted octanol–water partition coefficient (Wildman–Crippen LogP) is 2.69. The number of aromatic nitrogens is 5. The number of nitrogens with one attached hydrogen (secondary N) is 5. The molecule has 6 N–H and O–H groups in total. The summed E-state index contributed by atoms with van der Waals surface area (Å²) < 4.78 is 0. The molecule has 2 atom stereocenters. The van der Waals surface area contributed by atoms with E-state index in [0.29, 0.717) is 37.2 Å². The number of aromatic hydroxyl groups is 1. The molecule has 7 rings (SSSR count). The molecule has 11 heteroatoms. The number of rotatable bonds is 11. The third-order valence-corrected chi connectivity index (χ3v) is 8.29. The summed E-state index contributed by atoms with van der Waals surface area (Å²) in [5.41, 5.74) is 2.94. The number of tetrazole rings is 1. The zero-order valence-corrected chi connectivity index (χ0v) is 22.1. The zero-order valence-electron chi connectivity index (χ0n) is 22.1. The van der Waals surface area contributed by atoms with Gasteiger partial charge < -0.3 is 26.0 Å². The molecule has 2 amide bonds. The normalized spacial score (nSPS) is 21.2. The van der Waals surface area contributed by atoms with Crippen LogP contribution < -0.4 is 16.0 Å².